The summed E-state index contributed by atoms with van der Waals surface area (Å²) in [5, 5.41) is 39.8. The van der Waals surface area contributed by atoms with Crippen molar-refractivity contribution in [1.82, 2.24) is 0 Å². The van der Waals surface area contributed by atoms with Crippen molar-refractivity contribution < 1.29 is 48.5 Å². The summed E-state index contributed by atoms with van der Waals surface area (Å²) in [6, 6.07) is 0. The third-order valence-corrected chi connectivity index (χ3v) is 9.97. The number of carbonyl (C=O) groups is 2. The first-order valence-electron chi connectivity index (χ1n) is 19.8. The number of nitrogens with zero attached hydrogens (tertiary/aromatic N) is 2. The van der Waals surface area contributed by atoms with Crippen LogP contribution in [0, 0.1) is 0 Å². The Balaban J connectivity index is 4.80. The van der Waals surface area contributed by atoms with Gasteiger partial charge >= 0.3 is 11.9 Å². The molecule has 0 heterocycles. The summed E-state index contributed by atoms with van der Waals surface area (Å²) in [7, 11) is 0. The van der Waals surface area contributed by atoms with Crippen LogP contribution in [-0.4, -0.2) is 133 Å². The second-order valence-corrected chi connectivity index (χ2v) is 14.0. The van der Waals surface area contributed by atoms with Gasteiger partial charge in [0.1, 0.15) is 65.6 Å². The van der Waals surface area contributed by atoms with E-state index in [1.54, 1.807) is 0 Å². The Morgan fingerprint density at radius 1 is 0.396 bits per heavy atom. The van der Waals surface area contributed by atoms with Crippen molar-refractivity contribution in [2.75, 3.05) is 92.0 Å². The van der Waals surface area contributed by atoms with E-state index in [2.05, 4.69) is 13.8 Å². The van der Waals surface area contributed by atoms with Crippen LogP contribution in [0.15, 0.2) is 0 Å². The Morgan fingerprint density at radius 3 is 0.938 bits per heavy atom. The van der Waals surface area contributed by atoms with Gasteiger partial charge in [0, 0.05) is 12.8 Å². The van der Waals surface area contributed by atoms with E-state index in [9.17, 15) is 30.0 Å². The number of rotatable bonds is 37. The number of unbranched alkanes of at least 4 members (excludes halogenated alkanes) is 16. The molecule has 0 aromatic rings. The smallest absolute Gasteiger partial charge is 0.305 e. The van der Waals surface area contributed by atoms with Gasteiger partial charge in [-0.15, -0.1) is 0 Å². The maximum Gasteiger partial charge on any atom is 0.305 e. The number of hydrogen-bond acceptors (Lipinski definition) is 8. The first-order valence-corrected chi connectivity index (χ1v) is 19.8. The molecule has 0 atom stereocenters. The number of ether oxygens (including phenoxy) is 2. The van der Waals surface area contributed by atoms with E-state index in [1.807, 2.05) is 0 Å². The molecule has 0 rings (SSSR count). The first kappa shape index (κ1) is 46.7. The minimum Gasteiger partial charge on any atom is -0.460 e. The van der Waals surface area contributed by atoms with Crippen LogP contribution in [0.4, 0.5) is 0 Å². The molecule has 0 aliphatic rings. The van der Waals surface area contributed by atoms with Crippen molar-refractivity contribution in [3.05, 3.63) is 0 Å². The van der Waals surface area contributed by atoms with Gasteiger partial charge in [0.2, 0.25) is 0 Å². The molecule has 0 unspecified atom stereocenters. The lowest BCUT2D eigenvalue weighted by molar-refractivity contribution is -0.981. The average molecular weight is 691 g/mol. The second kappa shape index (κ2) is 32.9. The van der Waals surface area contributed by atoms with Crippen molar-refractivity contribution in [1.29, 1.82) is 0 Å². The molecule has 0 saturated heterocycles. The lowest BCUT2D eigenvalue weighted by Gasteiger charge is -2.43. The summed E-state index contributed by atoms with van der Waals surface area (Å²) in [5.74, 6) is -0.419. The van der Waals surface area contributed by atoms with E-state index in [1.165, 1.54) is 77.0 Å². The van der Waals surface area contributed by atoms with E-state index in [4.69, 9.17) is 9.47 Å². The summed E-state index contributed by atoms with van der Waals surface area (Å²) < 4.78 is 11.9. The van der Waals surface area contributed by atoms with Crippen LogP contribution in [-0.2, 0) is 19.1 Å². The number of aliphatic hydroxyl groups excluding tert-OH is 4. The van der Waals surface area contributed by atoms with Crippen molar-refractivity contribution in [3.8, 4) is 0 Å². The van der Waals surface area contributed by atoms with Crippen molar-refractivity contribution in [3.63, 3.8) is 0 Å². The van der Waals surface area contributed by atoms with Crippen LogP contribution in [0.2, 0.25) is 0 Å². The molecule has 10 nitrogen and oxygen atoms in total. The summed E-state index contributed by atoms with van der Waals surface area (Å²) >= 11 is 0. The van der Waals surface area contributed by atoms with Crippen LogP contribution in [0.25, 0.3) is 0 Å². The highest BCUT2D eigenvalue weighted by atomic mass is 16.5. The molecule has 0 radical (unpaired) electrons. The molecule has 0 amide bonds. The summed E-state index contributed by atoms with van der Waals surface area (Å²) in [6.45, 7) is 8.09. The maximum atomic E-state index is 12.4. The quantitative estimate of drug-likeness (QED) is 0.0381. The molecule has 0 aliphatic heterocycles. The van der Waals surface area contributed by atoms with Crippen LogP contribution in [0.1, 0.15) is 142 Å². The predicted octanol–water partition coefficient (Wildman–Crippen LogP) is 5.52. The molecule has 0 bridgehead atoms. The number of quaternary nitrogens is 2. The second-order valence-electron chi connectivity index (χ2n) is 14.0. The standard InChI is InChI=1S/C38H78N2O8/c1-3-5-7-9-11-13-15-17-19-21-37(45)47-35-29-39(25-31-41,26-32-42)23-24-40(27-33-43,28-34-44)30-36-48-38(46)22-20-18-16-14-12-10-8-6-4-2/h41-44H,3-36H2,1-2H3/q+2. The van der Waals surface area contributed by atoms with Crippen molar-refractivity contribution >= 4 is 11.9 Å². The summed E-state index contributed by atoms with van der Waals surface area (Å²) in [4.78, 5) is 24.9. The Bertz CT molecular complexity index is 667. The van der Waals surface area contributed by atoms with Gasteiger partial charge in [-0.2, -0.15) is 0 Å². The number of aliphatic hydroxyl groups is 4. The molecule has 4 N–H and O–H groups in total. The number of hydrogen-bond donors (Lipinski definition) is 4. The molecule has 286 valence electrons. The Labute approximate surface area is 294 Å². The van der Waals surface area contributed by atoms with Gasteiger partial charge in [0.15, 0.2) is 0 Å². The fourth-order valence-electron chi connectivity index (χ4n) is 6.63. The summed E-state index contributed by atoms with van der Waals surface area (Å²) in [5.41, 5.74) is 0. The maximum absolute atomic E-state index is 12.4. The van der Waals surface area contributed by atoms with Gasteiger partial charge in [-0.05, 0) is 12.8 Å². The molecule has 0 fully saturated rings. The minimum absolute atomic E-state index is 0.0805. The van der Waals surface area contributed by atoms with E-state index in [-0.39, 0.29) is 51.6 Å². The van der Waals surface area contributed by atoms with Gasteiger partial charge < -0.3 is 38.9 Å². The largest absolute Gasteiger partial charge is 0.460 e. The van der Waals surface area contributed by atoms with Crippen LogP contribution >= 0.6 is 0 Å². The van der Waals surface area contributed by atoms with Gasteiger partial charge in [0.25, 0.3) is 0 Å². The molecule has 48 heavy (non-hydrogen) atoms. The van der Waals surface area contributed by atoms with Crippen LogP contribution < -0.4 is 0 Å². The van der Waals surface area contributed by atoms with Gasteiger partial charge in [-0.1, -0.05) is 117 Å². The number of carbonyl (C=O) groups excluding carboxylic acids is 2. The van der Waals surface area contributed by atoms with Crippen LogP contribution in [0.5, 0.6) is 0 Å². The SMILES string of the molecule is CCCCCCCCCCCC(=O)OCC[N+](CCO)(CCO)CC[N+](CCO)(CCO)CCOC(=O)CCCCCCCCCCC. The highest BCUT2D eigenvalue weighted by Gasteiger charge is 2.34. The zero-order valence-corrected chi connectivity index (χ0v) is 31.4. The van der Waals surface area contributed by atoms with E-state index >= 15 is 0 Å². The Morgan fingerprint density at radius 2 is 0.667 bits per heavy atom. The van der Waals surface area contributed by atoms with E-state index in [0.717, 1.165) is 38.5 Å². The molecule has 10 heteroatoms. The third kappa shape index (κ3) is 25.6. The fraction of sp³-hybridized carbons (Fsp3) is 0.947. The normalized spacial score (nSPS) is 12.0. The first-order chi connectivity index (χ1) is 23.4. The van der Waals surface area contributed by atoms with Crippen molar-refractivity contribution in [2.45, 2.75) is 142 Å². The zero-order valence-electron chi connectivity index (χ0n) is 31.4. The fourth-order valence-corrected chi connectivity index (χ4v) is 6.63. The highest BCUT2D eigenvalue weighted by Crippen LogP contribution is 2.15. The molecule has 0 saturated carbocycles. The molecule has 0 spiro atoms. The topological polar surface area (TPSA) is 134 Å². The monoisotopic (exact) mass is 691 g/mol. The molecular weight excluding hydrogens is 612 g/mol. The lowest BCUT2D eigenvalue weighted by atomic mass is 10.1. The van der Waals surface area contributed by atoms with E-state index in [0.29, 0.717) is 74.2 Å². The minimum atomic E-state index is -0.209. The lowest BCUT2D eigenvalue weighted by Crippen LogP contribution is -2.62. The van der Waals surface area contributed by atoms with Gasteiger partial charge in [-0.25, -0.2) is 0 Å². The molecular formula is C38H78N2O8+2. The van der Waals surface area contributed by atoms with Gasteiger partial charge in [0.05, 0.1) is 26.4 Å². The van der Waals surface area contributed by atoms with Crippen LogP contribution in [0.3, 0.4) is 0 Å². The van der Waals surface area contributed by atoms with E-state index < -0.39 is 0 Å². The van der Waals surface area contributed by atoms with Gasteiger partial charge in [-0.3, -0.25) is 9.59 Å². The average Bonchev–Trinajstić information content (AvgIpc) is 3.06. The molecule has 0 aliphatic carbocycles. The Hall–Kier alpha value is -1.30. The predicted molar refractivity (Wildman–Crippen MR) is 193 cm³/mol. The third-order valence-electron chi connectivity index (χ3n) is 9.97. The van der Waals surface area contributed by atoms with Crippen molar-refractivity contribution in [2.24, 2.45) is 0 Å². The highest BCUT2D eigenvalue weighted by molar-refractivity contribution is 5.69. The summed E-state index contributed by atoms with van der Waals surface area (Å²) in [6.07, 6.45) is 22.1. The number of esters is 2. The Kier molecular flexibility index (Phi) is 32.0. The zero-order chi connectivity index (χ0) is 35.6. The molecule has 0 aromatic heterocycles. The molecule has 0 aromatic carbocycles.